The van der Waals surface area contributed by atoms with Crippen LogP contribution < -0.4 is 9.64 Å². The van der Waals surface area contributed by atoms with Crippen LogP contribution in [0, 0.1) is 0 Å². The van der Waals surface area contributed by atoms with E-state index in [1.807, 2.05) is 13.1 Å². The number of aryl methyl sites for hydroxylation is 1. The summed E-state index contributed by atoms with van der Waals surface area (Å²) in [5.74, 6) is 0.292. The maximum absolute atomic E-state index is 12.3. The number of anilines is 1. The van der Waals surface area contributed by atoms with Gasteiger partial charge >= 0.3 is 0 Å². The van der Waals surface area contributed by atoms with Gasteiger partial charge in [0.05, 0.1) is 12.2 Å². The van der Waals surface area contributed by atoms with E-state index in [4.69, 9.17) is 4.74 Å². The highest BCUT2D eigenvalue weighted by atomic mass is 79.9. The molecule has 0 radical (unpaired) electrons. The van der Waals surface area contributed by atoms with Crippen LogP contribution in [0.4, 0.5) is 5.69 Å². The van der Waals surface area contributed by atoms with Crippen LogP contribution in [0.2, 0.25) is 0 Å². The van der Waals surface area contributed by atoms with Crippen molar-refractivity contribution in [3.05, 3.63) is 46.7 Å². The molecular formula is C15H13BrN2O3. The minimum absolute atomic E-state index is 0.00958. The number of aromatic nitrogens is 1. The first-order chi connectivity index (χ1) is 10.0. The lowest BCUT2D eigenvalue weighted by Gasteiger charge is -2.28. The summed E-state index contributed by atoms with van der Waals surface area (Å²) in [6.07, 6.45) is 3.55. The van der Waals surface area contributed by atoms with Gasteiger partial charge in [-0.2, -0.15) is 0 Å². The molecule has 6 heteroatoms. The molecule has 108 valence electrons. The average Bonchev–Trinajstić information content (AvgIpc) is 2.89. The Morgan fingerprint density at radius 1 is 1.38 bits per heavy atom. The molecule has 1 aliphatic heterocycles. The molecule has 0 aliphatic carbocycles. The summed E-state index contributed by atoms with van der Waals surface area (Å²) in [6, 6.07) is 7.15. The number of benzene rings is 1. The van der Waals surface area contributed by atoms with E-state index in [1.54, 1.807) is 35.2 Å². The van der Waals surface area contributed by atoms with Crippen LogP contribution in [0.3, 0.4) is 0 Å². The van der Waals surface area contributed by atoms with Gasteiger partial charge in [-0.15, -0.1) is 0 Å². The van der Waals surface area contributed by atoms with Gasteiger partial charge in [0.2, 0.25) is 0 Å². The third-order valence-corrected chi connectivity index (χ3v) is 3.81. The molecule has 21 heavy (non-hydrogen) atoms. The predicted octanol–water partition coefficient (Wildman–Crippen LogP) is 2.40. The Balaban J connectivity index is 1.90. The minimum atomic E-state index is -0.218. The zero-order valence-corrected chi connectivity index (χ0v) is 13.0. The third-order valence-electron chi connectivity index (χ3n) is 3.32. The number of nitrogens with zero attached hydrogens (tertiary/aromatic N) is 2. The molecule has 1 aromatic carbocycles. The molecule has 0 saturated heterocycles. The van der Waals surface area contributed by atoms with Crippen molar-refractivity contribution in [2.75, 3.05) is 18.1 Å². The minimum Gasteiger partial charge on any atom is -0.482 e. The molecule has 1 aromatic heterocycles. The maximum Gasteiger partial charge on any atom is 0.265 e. The normalized spacial score (nSPS) is 13.8. The lowest BCUT2D eigenvalue weighted by Crippen LogP contribution is -2.42. The SMILES string of the molecule is Cn1ccc(C(=O)CN2C(=O)COc3ccc(Br)cc32)c1. The summed E-state index contributed by atoms with van der Waals surface area (Å²) >= 11 is 3.37. The molecular weight excluding hydrogens is 336 g/mol. The van der Waals surface area contributed by atoms with Crippen molar-refractivity contribution in [3.63, 3.8) is 0 Å². The van der Waals surface area contributed by atoms with Crippen LogP contribution in [0.1, 0.15) is 10.4 Å². The second kappa shape index (κ2) is 5.37. The molecule has 0 atom stereocenters. The Kier molecular flexibility index (Phi) is 3.55. The largest absolute Gasteiger partial charge is 0.482 e. The smallest absolute Gasteiger partial charge is 0.265 e. The Bertz CT molecular complexity index is 723. The van der Waals surface area contributed by atoms with E-state index in [0.717, 1.165) is 4.47 Å². The van der Waals surface area contributed by atoms with Gasteiger partial charge in [-0.3, -0.25) is 14.5 Å². The number of rotatable bonds is 3. The monoisotopic (exact) mass is 348 g/mol. The fraction of sp³-hybridized carbons (Fsp3) is 0.200. The summed E-state index contributed by atoms with van der Waals surface area (Å²) in [7, 11) is 1.85. The molecule has 0 spiro atoms. The molecule has 2 aromatic rings. The first-order valence-corrected chi connectivity index (χ1v) is 7.22. The summed E-state index contributed by atoms with van der Waals surface area (Å²) < 4.78 is 8.02. The van der Waals surface area contributed by atoms with E-state index in [1.165, 1.54) is 4.90 Å². The number of carbonyl (C=O) groups is 2. The number of carbonyl (C=O) groups excluding carboxylic acids is 2. The fourth-order valence-corrected chi connectivity index (χ4v) is 2.60. The Hall–Kier alpha value is -2.08. The van der Waals surface area contributed by atoms with Crippen LogP contribution in [0.5, 0.6) is 5.75 Å². The summed E-state index contributed by atoms with van der Waals surface area (Å²) in [5.41, 5.74) is 1.21. The lowest BCUT2D eigenvalue weighted by atomic mass is 10.1. The molecule has 2 heterocycles. The van der Waals surface area contributed by atoms with Gasteiger partial charge in [0.15, 0.2) is 12.4 Å². The number of ether oxygens (including phenoxy) is 1. The predicted molar refractivity (Wildman–Crippen MR) is 81.7 cm³/mol. The Labute approximate surface area is 130 Å². The number of ketones is 1. The van der Waals surface area contributed by atoms with Crippen molar-refractivity contribution in [2.45, 2.75) is 0 Å². The zero-order valence-electron chi connectivity index (χ0n) is 11.4. The number of fused-ring (bicyclic) bond motifs is 1. The highest BCUT2D eigenvalue weighted by Gasteiger charge is 2.27. The first-order valence-electron chi connectivity index (χ1n) is 6.42. The molecule has 3 rings (SSSR count). The fourth-order valence-electron chi connectivity index (χ4n) is 2.25. The van der Waals surface area contributed by atoms with E-state index >= 15 is 0 Å². The number of halogens is 1. The molecule has 1 amide bonds. The summed E-state index contributed by atoms with van der Waals surface area (Å²) in [5, 5.41) is 0. The summed E-state index contributed by atoms with van der Waals surface area (Å²) in [6.45, 7) is -0.0354. The van der Waals surface area contributed by atoms with Gasteiger partial charge in [-0.1, -0.05) is 15.9 Å². The second-order valence-corrected chi connectivity index (χ2v) is 5.79. The van der Waals surface area contributed by atoms with E-state index in [9.17, 15) is 9.59 Å². The van der Waals surface area contributed by atoms with Crippen molar-refractivity contribution < 1.29 is 14.3 Å². The Morgan fingerprint density at radius 2 is 2.19 bits per heavy atom. The zero-order chi connectivity index (χ0) is 15.0. The molecule has 0 N–H and O–H groups in total. The van der Waals surface area contributed by atoms with Gasteiger partial charge in [0, 0.05) is 29.5 Å². The van der Waals surface area contributed by atoms with Crippen LogP contribution >= 0.6 is 15.9 Å². The molecule has 0 bridgehead atoms. The quantitative estimate of drug-likeness (QED) is 0.800. The van der Waals surface area contributed by atoms with Gasteiger partial charge in [0.1, 0.15) is 5.75 Å². The molecule has 0 unspecified atom stereocenters. The van der Waals surface area contributed by atoms with Crippen LogP contribution in [-0.2, 0) is 11.8 Å². The number of hydrogen-bond acceptors (Lipinski definition) is 3. The van der Waals surface area contributed by atoms with Crippen molar-refractivity contribution in [2.24, 2.45) is 7.05 Å². The van der Waals surface area contributed by atoms with Crippen LogP contribution in [0.25, 0.3) is 0 Å². The molecule has 0 saturated carbocycles. The van der Waals surface area contributed by atoms with E-state index in [-0.39, 0.29) is 24.8 Å². The van der Waals surface area contributed by atoms with Crippen molar-refractivity contribution >= 4 is 33.3 Å². The van der Waals surface area contributed by atoms with Crippen molar-refractivity contribution in [1.82, 2.24) is 4.57 Å². The maximum atomic E-state index is 12.3. The highest BCUT2D eigenvalue weighted by Crippen LogP contribution is 2.34. The van der Waals surface area contributed by atoms with Crippen LogP contribution in [0.15, 0.2) is 41.1 Å². The van der Waals surface area contributed by atoms with Gasteiger partial charge in [-0.05, 0) is 24.3 Å². The highest BCUT2D eigenvalue weighted by molar-refractivity contribution is 9.10. The van der Waals surface area contributed by atoms with E-state index < -0.39 is 0 Å². The molecule has 0 fully saturated rings. The number of Topliss-reactive ketones (excluding diaryl/α,β-unsaturated/α-hetero) is 1. The Morgan fingerprint density at radius 3 is 2.90 bits per heavy atom. The molecule has 1 aliphatic rings. The average molecular weight is 349 g/mol. The topological polar surface area (TPSA) is 51.5 Å². The number of hydrogen-bond donors (Lipinski definition) is 0. The number of amides is 1. The molecule has 5 nitrogen and oxygen atoms in total. The second-order valence-electron chi connectivity index (χ2n) is 4.87. The lowest BCUT2D eigenvalue weighted by molar-refractivity contribution is -0.121. The van der Waals surface area contributed by atoms with Gasteiger partial charge in [-0.25, -0.2) is 0 Å². The van der Waals surface area contributed by atoms with Crippen LogP contribution in [-0.4, -0.2) is 29.4 Å². The van der Waals surface area contributed by atoms with E-state index in [2.05, 4.69) is 15.9 Å². The van der Waals surface area contributed by atoms with E-state index in [0.29, 0.717) is 17.0 Å². The van der Waals surface area contributed by atoms with Crippen molar-refractivity contribution in [3.8, 4) is 5.75 Å². The van der Waals surface area contributed by atoms with Crippen molar-refractivity contribution in [1.29, 1.82) is 0 Å². The summed E-state index contributed by atoms with van der Waals surface area (Å²) in [4.78, 5) is 25.8. The standard InChI is InChI=1S/C15H13BrN2O3/c1-17-5-4-10(7-17)13(19)8-18-12-6-11(16)2-3-14(12)21-9-15(18)20/h2-7H,8-9H2,1H3. The third kappa shape index (κ3) is 2.71. The first kappa shape index (κ1) is 13.9. The van der Waals surface area contributed by atoms with Gasteiger partial charge < -0.3 is 9.30 Å². The van der Waals surface area contributed by atoms with Gasteiger partial charge in [0.25, 0.3) is 5.91 Å².